The molecule has 0 spiro atoms. The quantitative estimate of drug-likeness (QED) is 0.589. The minimum atomic E-state index is -3.40. The summed E-state index contributed by atoms with van der Waals surface area (Å²) < 4.78 is 30.6. The number of hydrogen-bond donors (Lipinski definition) is 1. The lowest BCUT2D eigenvalue weighted by molar-refractivity contribution is -0.116. The Balaban J connectivity index is 1.53. The van der Waals surface area contributed by atoms with E-state index in [4.69, 9.17) is 4.42 Å². The third-order valence-electron chi connectivity index (χ3n) is 3.66. The third kappa shape index (κ3) is 5.24. The smallest absolute Gasteiger partial charge is 0.322 e. The van der Waals surface area contributed by atoms with E-state index >= 15 is 0 Å². The average Bonchev–Trinajstić information content (AvgIpc) is 3.11. The number of amides is 1. The highest BCUT2D eigenvalue weighted by atomic mass is 79.9. The molecule has 0 aliphatic carbocycles. The van der Waals surface area contributed by atoms with Gasteiger partial charge in [0.2, 0.25) is 11.8 Å². The summed E-state index contributed by atoms with van der Waals surface area (Å²) >= 11 is 3.36. The summed E-state index contributed by atoms with van der Waals surface area (Å²) in [5.41, 5.74) is 0.714. The number of carbonyl (C=O) groups excluding carboxylic acids is 1. The summed E-state index contributed by atoms with van der Waals surface area (Å²) in [7, 11) is -3.40. The number of sulfone groups is 1. The van der Waals surface area contributed by atoms with Crippen molar-refractivity contribution in [3.05, 3.63) is 59.1 Å². The molecule has 1 aromatic heterocycles. The van der Waals surface area contributed by atoms with Gasteiger partial charge in [0.25, 0.3) is 0 Å². The van der Waals surface area contributed by atoms with Gasteiger partial charge in [0, 0.05) is 16.5 Å². The second-order valence-electron chi connectivity index (χ2n) is 5.71. The van der Waals surface area contributed by atoms with Gasteiger partial charge in [-0.05, 0) is 36.8 Å². The molecule has 9 heteroatoms. The Morgan fingerprint density at radius 1 is 1.07 bits per heavy atom. The minimum absolute atomic E-state index is 0.0270. The number of anilines is 1. The highest BCUT2D eigenvalue weighted by molar-refractivity contribution is 9.10. The van der Waals surface area contributed by atoms with Gasteiger partial charge in [0.1, 0.15) is 0 Å². The fourth-order valence-corrected chi connectivity index (χ4v) is 4.09. The number of nitrogens with one attached hydrogen (secondary N) is 1. The first-order chi connectivity index (χ1) is 12.9. The van der Waals surface area contributed by atoms with Crippen LogP contribution >= 0.6 is 15.9 Å². The maximum atomic E-state index is 12.2. The van der Waals surface area contributed by atoms with Crippen LogP contribution in [-0.4, -0.2) is 30.3 Å². The average molecular weight is 450 g/mol. The van der Waals surface area contributed by atoms with Crippen molar-refractivity contribution in [2.24, 2.45) is 0 Å². The van der Waals surface area contributed by atoms with E-state index in [-0.39, 0.29) is 41.3 Å². The van der Waals surface area contributed by atoms with E-state index in [2.05, 4.69) is 31.4 Å². The molecule has 0 fully saturated rings. The Morgan fingerprint density at radius 3 is 2.59 bits per heavy atom. The van der Waals surface area contributed by atoms with Crippen molar-refractivity contribution in [2.75, 3.05) is 11.1 Å². The van der Waals surface area contributed by atoms with Gasteiger partial charge < -0.3 is 4.42 Å². The van der Waals surface area contributed by atoms with Crippen molar-refractivity contribution >= 4 is 37.7 Å². The third-order valence-corrected chi connectivity index (χ3v) is 5.97. The normalized spacial score (nSPS) is 11.3. The van der Waals surface area contributed by atoms with Crippen molar-refractivity contribution in [3.8, 4) is 11.5 Å². The molecule has 0 saturated heterocycles. The minimum Gasteiger partial charge on any atom is -0.403 e. The van der Waals surface area contributed by atoms with Gasteiger partial charge in [0.15, 0.2) is 9.84 Å². The molecule has 0 unspecified atom stereocenters. The zero-order chi connectivity index (χ0) is 19.3. The van der Waals surface area contributed by atoms with Crippen LogP contribution in [0, 0.1) is 0 Å². The molecule has 27 heavy (non-hydrogen) atoms. The standard InChI is InChI=1S/C18H16BrN3O4S/c19-14-7-4-6-13(12-14)17-21-22-18(26-17)20-16(23)10-5-11-27(24,25)15-8-2-1-3-9-15/h1-4,6-9,12H,5,10-11H2,(H,20,22,23). The van der Waals surface area contributed by atoms with Gasteiger partial charge in [-0.2, -0.15) is 0 Å². The summed E-state index contributed by atoms with van der Waals surface area (Å²) in [5.74, 6) is -0.224. The molecule has 3 rings (SSSR count). The number of rotatable bonds is 7. The van der Waals surface area contributed by atoms with Crippen molar-refractivity contribution < 1.29 is 17.6 Å². The zero-order valence-electron chi connectivity index (χ0n) is 14.1. The molecule has 1 N–H and O–H groups in total. The summed E-state index contributed by atoms with van der Waals surface area (Å²) in [6.45, 7) is 0. The van der Waals surface area contributed by atoms with Gasteiger partial charge in [0.05, 0.1) is 10.6 Å². The lowest BCUT2D eigenvalue weighted by Crippen LogP contribution is -2.14. The van der Waals surface area contributed by atoms with Crippen molar-refractivity contribution in [1.82, 2.24) is 10.2 Å². The van der Waals surface area contributed by atoms with Crippen LogP contribution in [0.4, 0.5) is 6.01 Å². The van der Waals surface area contributed by atoms with Crippen molar-refractivity contribution in [1.29, 1.82) is 0 Å². The molecule has 7 nitrogen and oxygen atoms in total. The van der Waals surface area contributed by atoms with E-state index in [1.165, 1.54) is 12.1 Å². The summed E-state index contributed by atoms with van der Waals surface area (Å²) in [6, 6.07) is 15.4. The van der Waals surface area contributed by atoms with Gasteiger partial charge in [-0.1, -0.05) is 45.3 Å². The Kier molecular flexibility index (Phi) is 6.02. The van der Waals surface area contributed by atoms with Crippen molar-refractivity contribution in [3.63, 3.8) is 0 Å². The molecule has 3 aromatic rings. The van der Waals surface area contributed by atoms with E-state index in [9.17, 15) is 13.2 Å². The van der Waals surface area contributed by atoms with Crippen LogP contribution in [0.15, 0.2) is 68.4 Å². The highest BCUT2D eigenvalue weighted by Crippen LogP contribution is 2.23. The van der Waals surface area contributed by atoms with Crippen LogP contribution in [0.5, 0.6) is 0 Å². The molecule has 1 amide bonds. The molecule has 0 aliphatic rings. The zero-order valence-corrected chi connectivity index (χ0v) is 16.5. The van der Waals surface area contributed by atoms with Gasteiger partial charge >= 0.3 is 6.01 Å². The van der Waals surface area contributed by atoms with E-state index in [0.717, 1.165) is 4.47 Å². The molecular weight excluding hydrogens is 434 g/mol. The SMILES string of the molecule is O=C(CCCS(=O)(=O)c1ccccc1)Nc1nnc(-c2cccc(Br)c2)o1. The molecule has 0 radical (unpaired) electrons. The van der Waals surface area contributed by atoms with E-state index in [1.807, 2.05) is 18.2 Å². The van der Waals surface area contributed by atoms with Crippen LogP contribution in [0.3, 0.4) is 0 Å². The molecule has 0 saturated carbocycles. The monoisotopic (exact) mass is 449 g/mol. The van der Waals surface area contributed by atoms with Crippen LogP contribution in [0.1, 0.15) is 12.8 Å². The first kappa shape index (κ1) is 19.2. The van der Waals surface area contributed by atoms with Crippen LogP contribution in [0.25, 0.3) is 11.5 Å². The second-order valence-corrected chi connectivity index (χ2v) is 8.73. The summed E-state index contributed by atoms with van der Waals surface area (Å²) in [5, 5.41) is 10.2. The highest BCUT2D eigenvalue weighted by Gasteiger charge is 2.16. The Morgan fingerprint density at radius 2 is 1.85 bits per heavy atom. The first-order valence-corrected chi connectivity index (χ1v) is 10.6. The van der Waals surface area contributed by atoms with Crippen LogP contribution in [0.2, 0.25) is 0 Å². The molecule has 0 bridgehead atoms. The Labute approximate surface area is 164 Å². The first-order valence-electron chi connectivity index (χ1n) is 8.11. The van der Waals surface area contributed by atoms with Crippen LogP contribution < -0.4 is 5.32 Å². The molecule has 140 valence electrons. The number of nitrogens with zero attached hydrogens (tertiary/aromatic N) is 2. The largest absolute Gasteiger partial charge is 0.403 e. The number of benzene rings is 2. The molecule has 1 heterocycles. The fraction of sp³-hybridized carbons (Fsp3) is 0.167. The molecule has 2 aromatic carbocycles. The van der Waals surface area contributed by atoms with E-state index < -0.39 is 9.84 Å². The molecule has 0 aliphatic heterocycles. The lowest BCUT2D eigenvalue weighted by Gasteiger charge is -2.04. The summed E-state index contributed by atoms with van der Waals surface area (Å²) in [4.78, 5) is 12.2. The topological polar surface area (TPSA) is 102 Å². The predicted octanol–water partition coefficient (Wildman–Crippen LogP) is 3.69. The van der Waals surface area contributed by atoms with Gasteiger partial charge in [-0.15, -0.1) is 5.10 Å². The van der Waals surface area contributed by atoms with E-state index in [0.29, 0.717) is 5.56 Å². The van der Waals surface area contributed by atoms with E-state index in [1.54, 1.807) is 24.3 Å². The van der Waals surface area contributed by atoms with Crippen LogP contribution in [-0.2, 0) is 14.6 Å². The predicted molar refractivity (Wildman–Crippen MR) is 104 cm³/mol. The molecular formula is C18H16BrN3O4S. The fourth-order valence-electron chi connectivity index (χ4n) is 2.36. The summed E-state index contributed by atoms with van der Waals surface area (Å²) in [6.07, 6.45) is 0.219. The lowest BCUT2D eigenvalue weighted by atomic mass is 10.2. The number of carbonyl (C=O) groups is 1. The Bertz CT molecular complexity index is 1040. The molecule has 0 atom stereocenters. The maximum absolute atomic E-state index is 12.2. The number of halogens is 1. The van der Waals surface area contributed by atoms with Gasteiger partial charge in [-0.25, -0.2) is 8.42 Å². The van der Waals surface area contributed by atoms with Crippen molar-refractivity contribution in [2.45, 2.75) is 17.7 Å². The van der Waals surface area contributed by atoms with Gasteiger partial charge in [-0.3, -0.25) is 10.1 Å². The Hall–Kier alpha value is -2.52. The number of aromatic nitrogens is 2. The maximum Gasteiger partial charge on any atom is 0.322 e. The second kappa shape index (κ2) is 8.45. The number of hydrogen-bond acceptors (Lipinski definition) is 6.